The van der Waals surface area contributed by atoms with Gasteiger partial charge in [-0.05, 0) is 74.1 Å². The lowest BCUT2D eigenvalue weighted by atomic mass is 9.87. The van der Waals surface area contributed by atoms with Gasteiger partial charge in [0.25, 0.3) is 0 Å². The van der Waals surface area contributed by atoms with Crippen LogP contribution in [0.2, 0.25) is 0 Å². The first-order chi connectivity index (χ1) is 10.3. The summed E-state index contributed by atoms with van der Waals surface area (Å²) in [5.74, 6) is 0.412. The first-order valence-corrected chi connectivity index (χ1v) is 9.64. The number of carbonyl (C=O) groups excluding carboxylic acids is 1. The minimum Gasteiger partial charge on any atom is -0.598 e. The maximum Gasteiger partial charge on any atom is 0.410 e. The molecule has 1 fully saturated rings. The molecule has 0 bridgehead atoms. The molecule has 0 aromatic heterocycles. The van der Waals surface area contributed by atoms with E-state index in [2.05, 4.69) is 18.6 Å². The Kier molecular flexibility index (Phi) is 6.82. The smallest absolute Gasteiger partial charge is 0.410 e. The van der Waals surface area contributed by atoms with E-state index in [1.165, 1.54) is 0 Å². The van der Waals surface area contributed by atoms with Gasteiger partial charge in [-0.3, -0.25) is 0 Å². The van der Waals surface area contributed by atoms with Gasteiger partial charge in [0.05, 0.1) is 6.04 Å². The van der Waals surface area contributed by atoms with Crippen molar-refractivity contribution in [3.8, 4) is 0 Å². The summed E-state index contributed by atoms with van der Waals surface area (Å²) in [4.78, 5) is 14.1. The third-order valence-corrected chi connectivity index (χ3v) is 5.80. The zero-order valence-electron chi connectivity index (χ0n) is 15.9. The van der Waals surface area contributed by atoms with Crippen LogP contribution in [0.4, 0.5) is 4.79 Å². The number of carbonyl (C=O) groups is 1. The third kappa shape index (κ3) is 6.51. The standard InChI is InChI=1S/C17H34N2O3S/c1-12-11-14(13(2)18-23(21)17(6,7)8)9-10-19(12)15(20)22-16(3,4)5/h12-14,18H,9-11H2,1-8H3/t12-,13+,14-,23?/m1/s1. The van der Waals surface area contributed by atoms with Crippen LogP contribution >= 0.6 is 0 Å². The van der Waals surface area contributed by atoms with Crippen LogP contribution in [-0.4, -0.2) is 44.5 Å². The van der Waals surface area contributed by atoms with Crippen LogP contribution in [0.3, 0.4) is 0 Å². The number of nitrogens with one attached hydrogen (secondary N) is 1. The van der Waals surface area contributed by atoms with Gasteiger partial charge in [-0.25, -0.2) is 4.79 Å². The molecule has 0 aromatic rings. The summed E-state index contributed by atoms with van der Waals surface area (Å²) in [5.41, 5.74) is -0.466. The normalized spacial score (nSPS) is 25.9. The topological polar surface area (TPSA) is 64.6 Å². The Hall–Kier alpha value is -0.460. The van der Waals surface area contributed by atoms with Crippen LogP contribution in [0.1, 0.15) is 68.2 Å². The summed E-state index contributed by atoms with van der Waals surface area (Å²) >= 11 is -1.07. The Morgan fingerprint density at radius 2 is 1.87 bits per heavy atom. The van der Waals surface area contributed by atoms with Gasteiger partial charge in [-0.1, -0.05) is 0 Å². The van der Waals surface area contributed by atoms with E-state index >= 15 is 0 Å². The van der Waals surface area contributed by atoms with E-state index in [9.17, 15) is 9.35 Å². The Morgan fingerprint density at radius 1 is 1.30 bits per heavy atom. The van der Waals surface area contributed by atoms with E-state index in [0.29, 0.717) is 12.5 Å². The van der Waals surface area contributed by atoms with Crippen molar-refractivity contribution in [2.45, 2.75) is 90.7 Å². The quantitative estimate of drug-likeness (QED) is 0.795. The van der Waals surface area contributed by atoms with Crippen molar-refractivity contribution in [2.24, 2.45) is 5.92 Å². The highest BCUT2D eigenvalue weighted by Gasteiger charge is 2.36. The van der Waals surface area contributed by atoms with Gasteiger partial charge in [-0.2, -0.15) is 0 Å². The molecule has 1 N–H and O–H groups in total. The van der Waals surface area contributed by atoms with E-state index in [4.69, 9.17) is 4.74 Å². The van der Waals surface area contributed by atoms with Crippen LogP contribution in [0.5, 0.6) is 0 Å². The Bertz CT molecular complexity index is 404. The molecule has 1 aliphatic heterocycles. The second kappa shape index (κ2) is 7.62. The SMILES string of the molecule is C[C@H](N[S+]([O-])C(C)(C)C)[C@@H]1CCN(C(=O)OC(C)(C)C)[C@H](C)C1. The summed E-state index contributed by atoms with van der Waals surface area (Å²) in [7, 11) is 0. The molecular formula is C17H34N2O3S. The predicted molar refractivity (Wildman–Crippen MR) is 95.6 cm³/mol. The van der Waals surface area contributed by atoms with Crippen molar-refractivity contribution in [2.75, 3.05) is 6.54 Å². The van der Waals surface area contributed by atoms with Gasteiger partial charge in [0, 0.05) is 23.9 Å². The van der Waals surface area contributed by atoms with Gasteiger partial charge >= 0.3 is 6.09 Å². The third-order valence-electron chi connectivity index (χ3n) is 4.10. The molecule has 136 valence electrons. The Labute approximate surface area is 144 Å². The van der Waals surface area contributed by atoms with Crippen molar-refractivity contribution >= 4 is 17.5 Å². The number of amides is 1. The fourth-order valence-electron chi connectivity index (χ4n) is 2.70. The molecule has 23 heavy (non-hydrogen) atoms. The van der Waals surface area contributed by atoms with E-state index in [1.54, 1.807) is 0 Å². The van der Waals surface area contributed by atoms with Gasteiger partial charge in [0.1, 0.15) is 10.3 Å². The summed E-state index contributed by atoms with van der Waals surface area (Å²) in [6.45, 7) is 16.4. The molecule has 1 heterocycles. The number of likely N-dealkylation sites (tertiary alicyclic amines) is 1. The van der Waals surface area contributed by atoms with E-state index in [-0.39, 0.29) is 22.9 Å². The number of rotatable bonds is 3. The lowest BCUT2D eigenvalue weighted by Gasteiger charge is -2.40. The largest absolute Gasteiger partial charge is 0.598 e. The molecule has 0 spiro atoms. The highest BCUT2D eigenvalue weighted by Crippen LogP contribution is 2.28. The molecule has 1 rings (SSSR count). The number of hydrogen-bond donors (Lipinski definition) is 1. The number of ether oxygens (including phenoxy) is 1. The van der Waals surface area contributed by atoms with Crippen LogP contribution < -0.4 is 4.72 Å². The van der Waals surface area contributed by atoms with Gasteiger partial charge in [-0.15, -0.1) is 4.72 Å². The lowest BCUT2D eigenvalue weighted by Crippen LogP contribution is -2.52. The summed E-state index contributed by atoms with van der Waals surface area (Å²) in [6.07, 6.45) is 1.57. The monoisotopic (exact) mass is 346 g/mol. The molecule has 1 aliphatic rings. The molecule has 0 radical (unpaired) electrons. The highest BCUT2D eigenvalue weighted by molar-refractivity contribution is 7.90. The van der Waals surface area contributed by atoms with E-state index in [0.717, 1.165) is 12.8 Å². The Balaban J connectivity index is 2.56. The average molecular weight is 347 g/mol. The van der Waals surface area contributed by atoms with Crippen molar-refractivity contribution in [3.05, 3.63) is 0 Å². The van der Waals surface area contributed by atoms with Gasteiger partial charge in [0.2, 0.25) is 0 Å². The van der Waals surface area contributed by atoms with Crippen molar-refractivity contribution in [3.63, 3.8) is 0 Å². The van der Waals surface area contributed by atoms with Gasteiger partial charge < -0.3 is 14.2 Å². The first-order valence-electron chi connectivity index (χ1n) is 8.49. The first kappa shape index (κ1) is 20.6. The molecule has 1 saturated heterocycles. The summed E-state index contributed by atoms with van der Waals surface area (Å²) in [5, 5.41) is 0. The summed E-state index contributed by atoms with van der Waals surface area (Å²) in [6, 6.07) is 0.300. The molecule has 0 aliphatic carbocycles. The fraction of sp³-hybridized carbons (Fsp3) is 0.941. The molecule has 1 unspecified atom stereocenters. The van der Waals surface area contributed by atoms with Crippen molar-refractivity contribution < 1.29 is 14.1 Å². The second-order valence-corrected chi connectivity index (χ2v) is 10.6. The van der Waals surface area contributed by atoms with Crippen LogP contribution in [0.25, 0.3) is 0 Å². The zero-order valence-corrected chi connectivity index (χ0v) is 16.8. The van der Waals surface area contributed by atoms with Crippen LogP contribution in [0, 0.1) is 5.92 Å². The molecule has 6 heteroatoms. The maximum absolute atomic E-state index is 12.2. The molecule has 5 nitrogen and oxygen atoms in total. The molecule has 1 amide bonds. The van der Waals surface area contributed by atoms with Crippen LogP contribution in [-0.2, 0) is 16.1 Å². The molecule has 0 aromatic carbocycles. The fourth-order valence-corrected chi connectivity index (χ4v) is 3.58. The predicted octanol–water partition coefficient (Wildman–Crippen LogP) is 3.46. The number of hydrogen-bond acceptors (Lipinski definition) is 4. The number of nitrogens with zero attached hydrogens (tertiary/aromatic N) is 1. The van der Waals surface area contributed by atoms with Crippen molar-refractivity contribution in [1.29, 1.82) is 0 Å². The number of piperidine rings is 1. The summed E-state index contributed by atoms with van der Waals surface area (Å²) < 4.78 is 20.7. The molecular weight excluding hydrogens is 312 g/mol. The van der Waals surface area contributed by atoms with Crippen LogP contribution in [0.15, 0.2) is 0 Å². The minimum atomic E-state index is -1.07. The highest BCUT2D eigenvalue weighted by atomic mass is 32.2. The molecule has 4 atom stereocenters. The molecule has 0 saturated carbocycles. The minimum absolute atomic E-state index is 0.135. The van der Waals surface area contributed by atoms with Gasteiger partial charge in [0.15, 0.2) is 0 Å². The van der Waals surface area contributed by atoms with E-state index in [1.807, 2.05) is 46.4 Å². The van der Waals surface area contributed by atoms with E-state index < -0.39 is 17.0 Å². The Morgan fingerprint density at radius 3 is 2.30 bits per heavy atom. The second-order valence-electron chi connectivity index (χ2n) is 8.59. The maximum atomic E-state index is 12.2. The van der Waals surface area contributed by atoms with Crippen molar-refractivity contribution in [1.82, 2.24) is 9.62 Å². The lowest BCUT2D eigenvalue weighted by molar-refractivity contribution is 0.00573. The average Bonchev–Trinajstić information content (AvgIpc) is 2.34. The zero-order chi connectivity index (χ0) is 18.0.